The van der Waals surface area contributed by atoms with E-state index in [1.807, 2.05) is 0 Å². The van der Waals surface area contributed by atoms with Crippen molar-refractivity contribution < 1.29 is 8.42 Å². The second kappa shape index (κ2) is 2.20. The Morgan fingerprint density at radius 2 is 1.45 bits per heavy atom. The molecule has 0 saturated carbocycles. The van der Waals surface area contributed by atoms with Gasteiger partial charge in [-0.2, -0.15) is 4.31 Å². The van der Waals surface area contributed by atoms with Gasteiger partial charge in [-0.15, -0.1) is 0 Å². The van der Waals surface area contributed by atoms with E-state index in [4.69, 9.17) is 0 Å². The molecule has 2 fully saturated rings. The summed E-state index contributed by atoms with van der Waals surface area (Å²) in [4.78, 5) is 0. The van der Waals surface area contributed by atoms with Gasteiger partial charge in [-0.1, -0.05) is 0 Å². The molecule has 0 atom stereocenters. The van der Waals surface area contributed by atoms with E-state index in [1.54, 1.807) is 4.31 Å². The van der Waals surface area contributed by atoms with E-state index in [2.05, 4.69) is 0 Å². The molecule has 0 radical (unpaired) electrons. The molecular weight excluding hydrogens is 162 g/mol. The Balaban J connectivity index is 2.29. The maximum Gasteiger partial charge on any atom is 0.211 e. The second-order valence-electron chi connectivity index (χ2n) is 3.56. The third-order valence-electron chi connectivity index (χ3n) is 2.77. The zero-order valence-electron chi connectivity index (χ0n) is 6.66. The summed E-state index contributed by atoms with van der Waals surface area (Å²) in [6.07, 6.45) is 5.65. The summed E-state index contributed by atoms with van der Waals surface area (Å²) in [5, 5.41) is 0. The highest BCUT2D eigenvalue weighted by atomic mass is 32.2. The first kappa shape index (κ1) is 7.55. The minimum Gasteiger partial charge on any atom is -0.212 e. The van der Waals surface area contributed by atoms with Gasteiger partial charge in [0.05, 0.1) is 6.26 Å². The molecule has 2 rings (SSSR count). The molecule has 3 nitrogen and oxygen atoms in total. The monoisotopic (exact) mass is 175 g/mol. The maximum atomic E-state index is 11.2. The van der Waals surface area contributed by atoms with Crippen LogP contribution in [-0.4, -0.2) is 31.1 Å². The molecule has 64 valence electrons. The smallest absolute Gasteiger partial charge is 0.211 e. The van der Waals surface area contributed by atoms with E-state index in [-0.39, 0.29) is 0 Å². The summed E-state index contributed by atoms with van der Waals surface area (Å²) in [7, 11) is -2.91. The van der Waals surface area contributed by atoms with Gasteiger partial charge in [0.2, 0.25) is 10.0 Å². The molecule has 0 amide bonds. The van der Waals surface area contributed by atoms with Gasteiger partial charge >= 0.3 is 0 Å². The Labute approximate surface area is 67.4 Å². The van der Waals surface area contributed by atoms with Crippen molar-refractivity contribution in [3.05, 3.63) is 0 Å². The van der Waals surface area contributed by atoms with Crippen LogP contribution < -0.4 is 0 Å². The lowest BCUT2D eigenvalue weighted by molar-refractivity contribution is 0.400. The van der Waals surface area contributed by atoms with Crippen molar-refractivity contribution in [1.82, 2.24) is 4.31 Å². The molecule has 0 aromatic heterocycles. The molecule has 4 heteroatoms. The first-order valence-corrected chi connectivity index (χ1v) is 5.92. The van der Waals surface area contributed by atoms with Crippen LogP contribution in [0.25, 0.3) is 0 Å². The molecule has 2 aliphatic rings. The zero-order valence-corrected chi connectivity index (χ0v) is 7.47. The SMILES string of the molecule is CS(=O)(=O)N1C2CCC1CC2. The fourth-order valence-electron chi connectivity index (χ4n) is 2.41. The molecule has 0 aromatic carbocycles. The Morgan fingerprint density at radius 3 is 1.64 bits per heavy atom. The standard InChI is InChI=1S/C7H13NO2S/c1-11(9,10)8-6-2-3-7(8)5-4-6/h6-7H,2-5H2,1H3. The average molecular weight is 175 g/mol. The van der Waals surface area contributed by atoms with Crippen LogP contribution in [-0.2, 0) is 10.0 Å². The molecule has 2 saturated heterocycles. The average Bonchev–Trinajstić information content (AvgIpc) is 2.40. The molecule has 2 heterocycles. The molecule has 0 N–H and O–H groups in total. The topological polar surface area (TPSA) is 37.4 Å². The molecule has 0 spiro atoms. The minimum absolute atomic E-state index is 0.343. The third-order valence-corrected chi connectivity index (χ3v) is 4.13. The van der Waals surface area contributed by atoms with Crippen LogP contribution in [0.2, 0.25) is 0 Å². The van der Waals surface area contributed by atoms with Crippen LogP contribution in [0.5, 0.6) is 0 Å². The number of rotatable bonds is 1. The van der Waals surface area contributed by atoms with Crippen LogP contribution in [0, 0.1) is 0 Å². The van der Waals surface area contributed by atoms with Crippen LogP contribution in [0.1, 0.15) is 25.7 Å². The van der Waals surface area contributed by atoms with E-state index >= 15 is 0 Å². The van der Waals surface area contributed by atoms with E-state index < -0.39 is 10.0 Å². The van der Waals surface area contributed by atoms with Crippen molar-refractivity contribution in [2.75, 3.05) is 6.26 Å². The lowest BCUT2D eigenvalue weighted by atomic mass is 10.0. The van der Waals surface area contributed by atoms with Gasteiger partial charge in [0, 0.05) is 12.1 Å². The highest BCUT2D eigenvalue weighted by Crippen LogP contribution is 2.38. The van der Waals surface area contributed by atoms with Gasteiger partial charge in [0.1, 0.15) is 0 Å². The number of sulfonamides is 1. The summed E-state index contributed by atoms with van der Waals surface area (Å²) in [5.74, 6) is 0. The highest BCUT2D eigenvalue weighted by Gasteiger charge is 2.44. The van der Waals surface area contributed by atoms with Gasteiger partial charge in [-0.3, -0.25) is 0 Å². The van der Waals surface area contributed by atoms with Crippen molar-refractivity contribution >= 4 is 10.0 Å². The van der Waals surface area contributed by atoms with Crippen molar-refractivity contribution in [3.63, 3.8) is 0 Å². The van der Waals surface area contributed by atoms with Crippen molar-refractivity contribution in [2.24, 2.45) is 0 Å². The van der Waals surface area contributed by atoms with Gasteiger partial charge < -0.3 is 0 Å². The van der Waals surface area contributed by atoms with E-state index in [0.717, 1.165) is 25.7 Å². The summed E-state index contributed by atoms with van der Waals surface area (Å²) in [5.41, 5.74) is 0. The van der Waals surface area contributed by atoms with Crippen LogP contribution >= 0.6 is 0 Å². The van der Waals surface area contributed by atoms with Crippen molar-refractivity contribution in [1.29, 1.82) is 0 Å². The Hall–Kier alpha value is -0.0900. The molecule has 0 aliphatic carbocycles. The van der Waals surface area contributed by atoms with E-state index in [0.29, 0.717) is 12.1 Å². The number of nitrogens with zero attached hydrogens (tertiary/aromatic N) is 1. The molecule has 0 aromatic rings. The first-order chi connectivity index (χ1) is 5.09. The Kier molecular flexibility index (Phi) is 1.51. The molecule has 11 heavy (non-hydrogen) atoms. The largest absolute Gasteiger partial charge is 0.212 e. The lowest BCUT2D eigenvalue weighted by Crippen LogP contribution is -2.33. The Morgan fingerprint density at radius 1 is 1.09 bits per heavy atom. The van der Waals surface area contributed by atoms with E-state index in [1.165, 1.54) is 6.26 Å². The fourth-order valence-corrected chi connectivity index (χ4v) is 3.91. The molecule has 2 aliphatic heterocycles. The molecule has 2 bridgehead atoms. The normalized spacial score (nSPS) is 38.3. The predicted octanol–water partition coefficient (Wildman–Crippen LogP) is 0.573. The Bertz CT molecular complexity index is 240. The number of hydrogen-bond acceptors (Lipinski definition) is 2. The van der Waals surface area contributed by atoms with Crippen molar-refractivity contribution in [3.8, 4) is 0 Å². The number of hydrogen-bond donors (Lipinski definition) is 0. The summed E-state index contributed by atoms with van der Waals surface area (Å²) >= 11 is 0. The minimum atomic E-state index is -2.91. The van der Waals surface area contributed by atoms with Crippen LogP contribution in [0.15, 0.2) is 0 Å². The fraction of sp³-hybridized carbons (Fsp3) is 1.00. The molecular formula is C7H13NO2S. The van der Waals surface area contributed by atoms with Gasteiger partial charge in [-0.05, 0) is 25.7 Å². The summed E-state index contributed by atoms with van der Waals surface area (Å²) < 4.78 is 24.2. The summed E-state index contributed by atoms with van der Waals surface area (Å²) in [6.45, 7) is 0. The quantitative estimate of drug-likeness (QED) is 0.584. The van der Waals surface area contributed by atoms with Crippen LogP contribution in [0.4, 0.5) is 0 Å². The predicted molar refractivity (Wildman–Crippen MR) is 42.7 cm³/mol. The van der Waals surface area contributed by atoms with Gasteiger partial charge in [0.15, 0.2) is 0 Å². The van der Waals surface area contributed by atoms with Gasteiger partial charge in [0.25, 0.3) is 0 Å². The number of fused-ring (bicyclic) bond motifs is 2. The van der Waals surface area contributed by atoms with Crippen LogP contribution in [0.3, 0.4) is 0 Å². The van der Waals surface area contributed by atoms with E-state index in [9.17, 15) is 8.42 Å². The van der Waals surface area contributed by atoms with Crippen molar-refractivity contribution in [2.45, 2.75) is 37.8 Å². The second-order valence-corrected chi connectivity index (χ2v) is 5.44. The first-order valence-electron chi connectivity index (χ1n) is 4.07. The van der Waals surface area contributed by atoms with Gasteiger partial charge in [-0.25, -0.2) is 8.42 Å². The third kappa shape index (κ3) is 1.08. The lowest BCUT2D eigenvalue weighted by Gasteiger charge is -2.17. The molecule has 0 unspecified atom stereocenters. The zero-order chi connectivity index (χ0) is 8.06. The summed E-state index contributed by atoms with van der Waals surface area (Å²) in [6, 6.07) is 0.685. The maximum absolute atomic E-state index is 11.2. The highest BCUT2D eigenvalue weighted by molar-refractivity contribution is 7.88.